The van der Waals surface area contributed by atoms with E-state index in [1.807, 2.05) is 67.6 Å². The molecular formula is C22H29N2O2+. The van der Waals surface area contributed by atoms with Crippen LogP contribution >= 0.6 is 0 Å². The van der Waals surface area contributed by atoms with Gasteiger partial charge in [0.25, 0.3) is 0 Å². The second-order valence-electron chi connectivity index (χ2n) is 7.08. The predicted molar refractivity (Wildman–Crippen MR) is 103 cm³/mol. The normalized spacial score (nSPS) is 15.6. The van der Waals surface area contributed by atoms with Gasteiger partial charge in [0, 0.05) is 13.0 Å². The summed E-state index contributed by atoms with van der Waals surface area (Å²) in [6.07, 6.45) is 0.987. The van der Waals surface area contributed by atoms with Crippen molar-refractivity contribution in [2.45, 2.75) is 18.8 Å². The molecule has 0 atom stereocenters. The topological polar surface area (TPSA) is 42.8 Å². The maximum Gasteiger partial charge on any atom is 0.234 e. The Hall–Kier alpha value is -2.17. The van der Waals surface area contributed by atoms with Gasteiger partial charge in [0.1, 0.15) is 13.1 Å². The predicted octanol–water partition coefficient (Wildman–Crippen LogP) is 1.41. The van der Waals surface area contributed by atoms with Crippen molar-refractivity contribution in [2.75, 3.05) is 39.4 Å². The van der Waals surface area contributed by atoms with Crippen LogP contribution in [0.3, 0.4) is 0 Å². The zero-order valence-corrected chi connectivity index (χ0v) is 15.5. The minimum atomic E-state index is -0.686. The Kier molecular flexibility index (Phi) is 6.42. The highest BCUT2D eigenvalue weighted by molar-refractivity contribution is 5.91. The third kappa shape index (κ3) is 4.32. The van der Waals surface area contributed by atoms with Crippen LogP contribution in [0.15, 0.2) is 60.7 Å². The molecule has 2 aromatic rings. The fraction of sp³-hybridized carbons (Fsp3) is 0.409. The Morgan fingerprint density at radius 2 is 1.54 bits per heavy atom. The van der Waals surface area contributed by atoms with E-state index >= 15 is 0 Å². The first-order valence-electron chi connectivity index (χ1n) is 9.52. The van der Waals surface area contributed by atoms with E-state index < -0.39 is 5.41 Å². The van der Waals surface area contributed by atoms with Crippen molar-refractivity contribution in [1.29, 1.82) is 0 Å². The maximum atomic E-state index is 13.2. The minimum absolute atomic E-state index is 0.0619. The maximum absolute atomic E-state index is 13.2. The van der Waals surface area contributed by atoms with Gasteiger partial charge in [-0.25, -0.2) is 0 Å². The van der Waals surface area contributed by atoms with Gasteiger partial charge >= 0.3 is 0 Å². The van der Waals surface area contributed by atoms with Crippen molar-refractivity contribution in [1.82, 2.24) is 5.32 Å². The molecule has 0 aromatic heterocycles. The number of quaternary nitrogens is 1. The van der Waals surface area contributed by atoms with Gasteiger partial charge in [-0.3, -0.25) is 4.79 Å². The van der Waals surface area contributed by atoms with Crippen molar-refractivity contribution in [3.05, 3.63) is 71.8 Å². The molecule has 1 aliphatic rings. The van der Waals surface area contributed by atoms with E-state index in [0.717, 1.165) is 50.4 Å². The summed E-state index contributed by atoms with van der Waals surface area (Å²) in [4.78, 5) is 14.7. The van der Waals surface area contributed by atoms with E-state index in [1.54, 1.807) is 4.90 Å². The smallest absolute Gasteiger partial charge is 0.234 e. The van der Waals surface area contributed by atoms with Crippen LogP contribution < -0.4 is 10.2 Å². The van der Waals surface area contributed by atoms with Crippen molar-refractivity contribution >= 4 is 5.91 Å². The highest BCUT2D eigenvalue weighted by Gasteiger charge is 2.36. The number of amides is 1. The van der Waals surface area contributed by atoms with Crippen molar-refractivity contribution in [3.8, 4) is 0 Å². The quantitative estimate of drug-likeness (QED) is 0.739. The fourth-order valence-electron chi connectivity index (χ4n) is 3.60. The van der Waals surface area contributed by atoms with Crippen LogP contribution in [0.5, 0.6) is 0 Å². The van der Waals surface area contributed by atoms with E-state index in [1.165, 1.54) is 0 Å². The highest BCUT2D eigenvalue weighted by Crippen LogP contribution is 2.32. The van der Waals surface area contributed by atoms with Gasteiger partial charge in [0.15, 0.2) is 0 Å². The van der Waals surface area contributed by atoms with Crippen molar-refractivity contribution in [2.24, 2.45) is 0 Å². The summed E-state index contributed by atoms with van der Waals surface area (Å²) < 4.78 is 5.40. The van der Waals surface area contributed by atoms with Gasteiger partial charge in [-0.2, -0.15) is 0 Å². The number of hydrogen-bond donors (Lipinski definition) is 2. The molecule has 138 valence electrons. The zero-order valence-electron chi connectivity index (χ0n) is 15.5. The standard InChI is InChI=1S/C22H28N2O2/c1-22(19-9-4-2-5-10-19,20-11-6-3-7-12-20)21(25)23-13-8-14-24-15-17-26-18-16-24/h2-7,9-12H,8,13-18H2,1H3,(H,23,25)/p+1. The van der Waals surface area contributed by atoms with Gasteiger partial charge < -0.3 is 15.0 Å². The first-order chi connectivity index (χ1) is 12.7. The lowest BCUT2D eigenvalue weighted by molar-refractivity contribution is -0.908. The molecule has 4 heteroatoms. The van der Waals surface area contributed by atoms with Gasteiger partial charge in [0.2, 0.25) is 5.91 Å². The Labute approximate surface area is 156 Å². The molecule has 3 rings (SSSR count). The van der Waals surface area contributed by atoms with Crippen LogP contribution in [-0.4, -0.2) is 45.3 Å². The molecule has 2 aromatic carbocycles. The first-order valence-corrected chi connectivity index (χ1v) is 9.52. The molecule has 0 saturated carbocycles. The lowest BCUT2D eigenvalue weighted by Gasteiger charge is -2.30. The fourth-order valence-corrected chi connectivity index (χ4v) is 3.60. The molecule has 26 heavy (non-hydrogen) atoms. The molecule has 0 spiro atoms. The Bertz CT molecular complexity index is 642. The number of ether oxygens (including phenoxy) is 1. The van der Waals surface area contributed by atoms with Gasteiger partial charge in [-0.1, -0.05) is 60.7 Å². The molecule has 4 nitrogen and oxygen atoms in total. The van der Waals surface area contributed by atoms with Crippen molar-refractivity contribution in [3.63, 3.8) is 0 Å². The van der Waals surface area contributed by atoms with Gasteiger partial charge in [-0.05, 0) is 18.1 Å². The summed E-state index contributed by atoms with van der Waals surface area (Å²) >= 11 is 0. The number of hydrogen-bond acceptors (Lipinski definition) is 2. The number of rotatable bonds is 7. The number of morpholine rings is 1. The second-order valence-corrected chi connectivity index (χ2v) is 7.08. The van der Waals surface area contributed by atoms with Crippen molar-refractivity contribution < 1.29 is 14.4 Å². The van der Waals surface area contributed by atoms with Crippen LogP contribution in [-0.2, 0) is 14.9 Å². The third-order valence-corrected chi connectivity index (χ3v) is 5.35. The summed E-state index contributed by atoms with van der Waals surface area (Å²) in [7, 11) is 0. The van der Waals surface area contributed by atoms with E-state index in [9.17, 15) is 4.79 Å². The lowest BCUT2D eigenvalue weighted by Crippen LogP contribution is -3.14. The summed E-state index contributed by atoms with van der Waals surface area (Å²) in [6, 6.07) is 20.1. The van der Waals surface area contributed by atoms with Crippen LogP contribution in [0.2, 0.25) is 0 Å². The van der Waals surface area contributed by atoms with Crippen LogP contribution in [0.25, 0.3) is 0 Å². The molecule has 1 aliphatic heterocycles. The van der Waals surface area contributed by atoms with E-state index in [-0.39, 0.29) is 5.91 Å². The number of carbonyl (C=O) groups excluding carboxylic acids is 1. The number of carbonyl (C=O) groups is 1. The zero-order chi connectivity index (χ0) is 18.2. The Morgan fingerprint density at radius 3 is 2.08 bits per heavy atom. The molecule has 1 heterocycles. The summed E-state index contributed by atoms with van der Waals surface area (Å²) in [5.74, 6) is 0.0619. The van der Waals surface area contributed by atoms with E-state index in [4.69, 9.17) is 4.74 Å². The molecule has 0 bridgehead atoms. The van der Waals surface area contributed by atoms with E-state index in [2.05, 4.69) is 5.32 Å². The van der Waals surface area contributed by atoms with Gasteiger partial charge in [-0.15, -0.1) is 0 Å². The average Bonchev–Trinajstić information content (AvgIpc) is 2.72. The van der Waals surface area contributed by atoms with Crippen LogP contribution in [0.1, 0.15) is 24.5 Å². The summed E-state index contributed by atoms with van der Waals surface area (Å²) in [5.41, 5.74) is 1.35. The molecule has 2 N–H and O–H groups in total. The average molecular weight is 353 g/mol. The number of benzene rings is 2. The van der Waals surface area contributed by atoms with Crippen LogP contribution in [0.4, 0.5) is 0 Å². The third-order valence-electron chi connectivity index (χ3n) is 5.35. The Morgan fingerprint density at radius 1 is 1.00 bits per heavy atom. The van der Waals surface area contributed by atoms with Crippen LogP contribution in [0, 0.1) is 0 Å². The monoisotopic (exact) mass is 353 g/mol. The SMILES string of the molecule is CC(C(=O)NCCC[NH+]1CCOCC1)(c1ccccc1)c1ccccc1. The largest absolute Gasteiger partial charge is 0.370 e. The summed E-state index contributed by atoms with van der Waals surface area (Å²) in [6.45, 7) is 7.64. The molecule has 0 aliphatic carbocycles. The molecule has 1 fully saturated rings. The Balaban J connectivity index is 1.66. The molecular weight excluding hydrogens is 324 g/mol. The second kappa shape index (κ2) is 8.97. The molecule has 0 radical (unpaired) electrons. The van der Waals surface area contributed by atoms with E-state index in [0.29, 0.717) is 6.54 Å². The molecule has 1 amide bonds. The summed E-state index contributed by atoms with van der Waals surface area (Å²) in [5, 5.41) is 3.18. The lowest BCUT2D eigenvalue weighted by atomic mass is 9.75. The molecule has 1 saturated heterocycles. The van der Waals surface area contributed by atoms with Gasteiger partial charge in [0.05, 0.1) is 25.2 Å². The highest BCUT2D eigenvalue weighted by atomic mass is 16.5. The minimum Gasteiger partial charge on any atom is -0.370 e. The number of nitrogens with one attached hydrogen (secondary N) is 2. The molecule has 0 unspecified atom stereocenters. The first kappa shape index (κ1) is 18.6.